The number of hydrogen-bond acceptors (Lipinski definition) is 2. The summed E-state index contributed by atoms with van der Waals surface area (Å²) in [6.45, 7) is 6.79. The van der Waals surface area contributed by atoms with Crippen LogP contribution in [0.5, 0.6) is 0 Å². The fraction of sp³-hybridized carbons (Fsp3) is 0.667. The molecule has 1 saturated carbocycles. The third-order valence-electron chi connectivity index (χ3n) is 5.06. The molecule has 20 heavy (non-hydrogen) atoms. The molecule has 0 spiro atoms. The summed E-state index contributed by atoms with van der Waals surface area (Å²) in [5.41, 5.74) is 5.85. The Labute approximate surface area is 124 Å². The van der Waals surface area contributed by atoms with Crippen molar-refractivity contribution < 1.29 is 0 Å². The van der Waals surface area contributed by atoms with Crippen LogP contribution in [0.1, 0.15) is 76.0 Å². The normalized spacial score (nSPS) is 24.9. The predicted octanol–water partition coefficient (Wildman–Crippen LogP) is 4.53. The van der Waals surface area contributed by atoms with Gasteiger partial charge in [0.15, 0.2) is 0 Å². The molecule has 3 unspecified atom stereocenters. The van der Waals surface area contributed by atoms with Gasteiger partial charge >= 0.3 is 0 Å². The minimum Gasteiger partial charge on any atom is -0.271 e. The van der Waals surface area contributed by atoms with Crippen LogP contribution in [0, 0.1) is 11.8 Å². The van der Waals surface area contributed by atoms with Crippen molar-refractivity contribution in [2.75, 3.05) is 0 Å². The van der Waals surface area contributed by atoms with Crippen LogP contribution < -0.4 is 11.3 Å². The van der Waals surface area contributed by atoms with Crippen LogP contribution in [0.2, 0.25) is 0 Å². The van der Waals surface area contributed by atoms with E-state index in [0.29, 0.717) is 17.9 Å². The van der Waals surface area contributed by atoms with Crippen LogP contribution in [-0.2, 0) is 0 Å². The molecule has 0 aromatic heterocycles. The zero-order valence-corrected chi connectivity index (χ0v) is 13.2. The Kier molecular flexibility index (Phi) is 5.62. The van der Waals surface area contributed by atoms with Gasteiger partial charge in [0.1, 0.15) is 0 Å². The summed E-state index contributed by atoms with van der Waals surface area (Å²) in [6.07, 6.45) is 6.68. The van der Waals surface area contributed by atoms with E-state index in [9.17, 15) is 0 Å². The van der Waals surface area contributed by atoms with E-state index in [4.69, 9.17) is 5.84 Å². The van der Waals surface area contributed by atoms with E-state index in [1.165, 1.54) is 43.2 Å². The standard InChI is InChI=1S/C18H30N2/c1-4-14-7-5-6-8-17(14)18(20-19)16-11-9-15(10-12-16)13(2)3/h9-14,17-18,20H,4-8,19H2,1-3H3. The highest BCUT2D eigenvalue weighted by Gasteiger charge is 2.31. The van der Waals surface area contributed by atoms with Gasteiger partial charge in [0.05, 0.1) is 0 Å². The van der Waals surface area contributed by atoms with Crippen molar-refractivity contribution >= 4 is 0 Å². The van der Waals surface area contributed by atoms with Gasteiger partial charge in [-0.05, 0) is 35.3 Å². The van der Waals surface area contributed by atoms with Gasteiger partial charge in [-0.1, -0.05) is 70.7 Å². The van der Waals surface area contributed by atoms with E-state index in [-0.39, 0.29) is 0 Å². The van der Waals surface area contributed by atoms with E-state index < -0.39 is 0 Å². The van der Waals surface area contributed by atoms with Crippen molar-refractivity contribution in [1.29, 1.82) is 0 Å². The molecule has 0 aliphatic heterocycles. The number of rotatable bonds is 5. The van der Waals surface area contributed by atoms with Crippen molar-refractivity contribution in [3.63, 3.8) is 0 Å². The molecule has 112 valence electrons. The summed E-state index contributed by atoms with van der Waals surface area (Å²) in [5, 5.41) is 0. The quantitative estimate of drug-likeness (QED) is 0.611. The molecule has 0 saturated heterocycles. The topological polar surface area (TPSA) is 38.0 Å². The van der Waals surface area contributed by atoms with Crippen LogP contribution >= 0.6 is 0 Å². The molecule has 1 fully saturated rings. The average Bonchev–Trinajstić information content (AvgIpc) is 2.49. The molecule has 1 aromatic carbocycles. The van der Waals surface area contributed by atoms with Crippen LogP contribution in [0.4, 0.5) is 0 Å². The second kappa shape index (κ2) is 7.24. The van der Waals surface area contributed by atoms with Gasteiger partial charge in [0.2, 0.25) is 0 Å². The molecular weight excluding hydrogens is 244 g/mol. The van der Waals surface area contributed by atoms with Crippen LogP contribution in [0.3, 0.4) is 0 Å². The van der Waals surface area contributed by atoms with Crippen molar-refractivity contribution in [3.05, 3.63) is 35.4 Å². The summed E-state index contributed by atoms with van der Waals surface area (Å²) in [5.74, 6) is 7.99. The highest BCUT2D eigenvalue weighted by molar-refractivity contribution is 5.27. The first-order valence-electron chi connectivity index (χ1n) is 8.23. The third kappa shape index (κ3) is 3.42. The second-order valence-electron chi connectivity index (χ2n) is 6.58. The van der Waals surface area contributed by atoms with Crippen LogP contribution in [0.25, 0.3) is 0 Å². The van der Waals surface area contributed by atoms with Gasteiger partial charge in [0.25, 0.3) is 0 Å². The van der Waals surface area contributed by atoms with Crippen LogP contribution in [0.15, 0.2) is 24.3 Å². The first-order valence-corrected chi connectivity index (χ1v) is 8.23. The SMILES string of the molecule is CCC1CCCCC1C(NN)c1ccc(C(C)C)cc1. The molecule has 1 aliphatic rings. The Morgan fingerprint density at radius 2 is 1.70 bits per heavy atom. The van der Waals surface area contributed by atoms with Crippen LogP contribution in [-0.4, -0.2) is 0 Å². The van der Waals surface area contributed by atoms with Gasteiger partial charge < -0.3 is 0 Å². The second-order valence-corrected chi connectivity index (χ2v) is 6.58. The van der Waals surface area contributed by atoms with Gasteiger partial charge in [-0.3, -0.25) is 11.3 Å². The first-order chi connectivity index (χ1) is 9.67. The minimum atomic E-state index is 0.307. The molecule has 0 bridgehead atoms. The molecule has 3 N–H and O–H groups in total. The predicted molar refractivity (Wildman–Crippen MR) is 86.3 cm³/mol. The van der Waals surface area contributed by atoms with E-state index in [1.54, 1.807) is 0 Å². The maximum Gasteiger partial charge on any atom is 0.0490 e. The zero-order valence-electron chi connectivity index (χ0n) is 13.2. The highest BCUT2D eigenvalue weighted by Crippen LogP contribution is 2.40. The molecule has 1 aliphatic carbocycles. The van der Waals surface area contributed by atoms with Gasteiger partial charge in [-0.15, -0.1) is 0 Å². The Bertz CT molecular complexity index is 396. The fourth-order valence-corrected chi connectivity index (χ4v) is 3.74. The first kappa shape index (κ1) is 15.5. The molecule has 0 radical (unpaired) electrons. The van der Waals surface area contributed by atoms with Gasteiger partial charge in [-0.25, -0.2) is 0 Å². The summed E-state index contributed by atoms with van der Waals surface area (Å²) >= 11 is 0. The lowest BCUT2D eigenvalue weighted by atomic mass is 9.72. The molecule has 2 heteroatoms. The summed E-state index contributed by atoms with van der Waals surface area (Å²) in [6, 6.07) is 9.35. The summed E-state index contributed by atoms with van der Waals surface area (Å²) < 4.78 is 0. The fourth-order valence-electron chi connectivity index (χ4n) is 3.74. The number of benzene rings is 1. The van der Waals surface area contributed by atoms with E-state index in [1.807, 2.05) is 0 Å². The number of hydrogen-bond donors (Lipinski definition) is 2. The minimum absolute atomic E-state index is 0.307. The third-order valence-corrected chi connectivity index (χ3v) is 5.06. The lowest BCUT2D eigenvalue weighted by Crippen LogP contribution is -2.38. The van der Waals surface area contributed by atoms with E-state index in [0.717, 1.165) is 5.92 Å². The lowest BCUT2D eigenvalue weighted by Gasteiger charge is -2.37. The largest absolute Gasteiger partial charge is 0.271 e. The van der Waals surface area contributed by atoms with E-state index in [2.05, 4.69) is 50.5 Å². The molecule has 2 rings (SSSR count). The summed E-state index contributed by atoms with van der Waals surface area (Å²) in [7, 11) is 0. The molecule has 1 aromatic rings. The number of nitrogens with one attached hydrogen (secondary N) is 1. The zero-order chi connectivity index (χ0) is 14.5. The Hall–Kier alpha value is -0.860. The highest BCUT2D eigenvalue weighted by atomic mass is 15.2. The van der Waals surface area contributed by atoms with Crippen molar-refractivity contribution in [3.8, 4) is 0 Å². The van der Waals surface area contributed by atoms with Crippen molar-refractivity contribution in [2.45, 2.75) is 64.8 Å². The Balaban J connectivity index is 2.17. The maximum absolute atomic E-state index is 5.90. The van der Waals surface area contributed by atoms with E-state index >= 15 is 0 Å². The maximum atomic E-state index is 5.90. The average molecular weight is 274 g/mol. The summed E-state index contributed by atoms with van der Waals surface area (Å²) in [4.78, 5) is 0. The smallest absolute Gasteiger partial charge is 0.0490 e. The Morgan fingerprint density at radius 3 is 2.25 bits per heavy atom. The molecule has 0 heterocycles. The lowest BCUT2D eigenvalue weighted by molar-refractivity contribution is 0.176. The Morgan fingerprint density at radius 1 is 1.10 bits per heavy atom. The number of nitrogens with two attached hydrogens (primary N) is 1. The molecule has 0 amide bonds. The molecule has 3 atom stereocenters. The van der Waals surface area contributed by atoms with Gasteiger partial charge in [0, 0.05) is 6.04 Å². The molecular formula is C18H30N2. The number of hydrazine groups is 1. The van der Waals surface area contributed by atoms with Crippen molar-refractivity contribution in [2.24, 2.45) is 17.7 Å². The monoisotopic (exact) mass is 274 g/mol. The van der Waals surface area contributed by atoms with Gasteiger partial charge in [-0.2, -0.15) is 0 Å². The molecule has 2 nitrogen and oxygen atoms in total. The van der Waals surface area contributed by atoms with Crippen molar-refractivity contribution in [1.82, 2.24) is 5.43 Å².